The second-order valence-corrected chi connectivity index (χ2v) is 8.25. The fourth-order valence-electron chi connectivity index (χ4n) is 3.20. The molecule has 1 aromatic carbocycles. The van der Waals surface area contributed by atoms with Crippen LogP contribution >= 0.6 is 11.8 Å². The number of nitrogens with zero attached hydrogens (tertiary/aromatic N) is 3. The van der Waals surface area contributed by atoms with Gasteiger partial charge in [-0.1, -0.05) is 17.8 Å². The van der Waals surface area contributed by atoms with Crippen LogP contribution in [0, 0.1) is 11.6 Å². The van der Waals surface area contributed by atoms with Crippen LogP contribution in [0.15, 0.2) is 62.1 Å². The third kappa shape index (κ3) is 4.57. The lowest BCUT2D eigenvalue weighted by Crippen LogP contribution is -2.41. The van der Waals surface area contributed by atoms with Crippen molar-refractivity contribution in [3.8, 4) is 5.88 Å². The number of halogens is 2. The predicted octanol–water partition coefficient (Wildman–Crippen LogP) is 2.38. The summed E-state index contributed by atoms with van der Waals surface area (Å²) in [5.41, 5.74) is -0.453. The molecule has 4 rings (SSSR count). The van der Waals surface area contributed by atoms with Crippen molar-refractivity contribution in [2.45, 2.75) is 18.0 Å². The van der Waals surface area contributed by atoms with Gasteiger partial charge in [0.1, 0.15) is 22.2 Å². The summed E-state index contributed by atoms with van der Waals surface area (Å²) in [6.45, 7) is -0.319. The van der Waals surface area contributed by atoms with Gasteiger partial charge in [0.15, 0.2) is 11.6 Å². The minimum atomic E-state index is -1.09. The molecule has 3 aromatic rings. The van der Waals surface area contributed by atoms with Gasteiger partial charge in [0.2, 0.25) is 5.88 Å². The van der Waals surface area contributed by atoms with Gasteiger partial charge in [0.05, 0.1) is 13.7 Å². The fourth-order valence-corrected chi connectivity index (χ4v) is 4.17. The minimum Gasteiger partial charge on any atom is -0.481 e. The molecule has 176 valence electrons. The Kier molecular flexibility index (Phi) is 6.50. The standard InChI is InChI=1S/C22H18F2N4O5S/c1-27-19-18(20(29)28(22(27)31)10-12-3-4-14(23)15(24)7-12)34-16(9-26-19)21(30)33-11-13-5-6-25-17(8-13)32-2/h3-9,26H,10-11H2,1-2H3. The molecule has 0 saturated carbocycles. The van der Waals surface area contributed by atoms with Crippen LogP contribution in [0.4, 0.5) is 14.6 Å². The molecule has 0 aliphatic carbocycles. The molecular formula is C22H18F2N4O5S. The van der Waals surface area contributed by atoms with Gasteiger partial charge in [-0.25, -0.2) is 23.4 Å². The van der Waals surface area contributed by atoms with Gasteiger partial charge in [0.25, 0.3) is 5.56 Å². The van der Waals surface area contributed by atoms with Crippen LogP contribution < -0.4 is 21.3 Å². The lowest BCUT2D eigenvalue weighted by atomic mass is 10.2. The Morgan fingerprint density at radius 2 is 1.94 bits per heavy atom. The van der Waals surface area contributed by atoms with Gasteiger partial charge in [-0.05, 0) is 29.3 Å². The van der Waals surface area contributed by atoms with E-state index in [0.717, 1.165) is 28.5 Å². The smallest absolute Gasteiger partial charge is 0.346 e. The lowest BCUT2D eigenvalue weighted by Gasteiger charge is -2.20. The Balaban J connectivity index is 1.56. The van der Waals surface area contributed by atoms with Gasteiger partial charge in [-0.2, -0.15) is 0 Å². The fraction of sp³-hybridized carbons (Fsp3) is 0.182. The summed E-state index contributed by atoms with van der Waals surface area (Å²) in [5.74, 6) is -2.22. The van der Waals surface area contributed by atoms with E-state index in [1.54, 1.807) is 12.1 Å². The number of thioether (sulfide) groups is 1. The van der Waals surface area contributed by atoms with Crippen LogP contribution in [0.1, 0.15) is 11.1 Å². The Labute approximate surface area is 195 Å². The van der Waals surface area contributed by atoms with Crippen molar-refractivity contribution < 1.29 is 23.0 Å². The number of pyridine rings is 1. The molecule has 0 radical (unpaired) electrons. The Bertz CT molecular complexity index is 1430. The number of fused-ring (bicyclic) bond motifs is 1. The number of rotatable bonds is 6. The molecule has 0 fully saturated rings. The zero-order valence-electron chi connectivity index (χ0n) is 18.0. The van der Waals surface area contributed by atoms with Crippen LogP contribution in [0.3, 0.4) is 0 Å². The van der Waals surface area contributed by atoms with Crippen molar-refractivity contribution in [1.82, 2.24) is 14.1 Å². The summed E-state index contributed by atoms with van der Waals surface area (Å²) in [4.78, 5) is 42.6. The molecule has 0 amide bonds. The minimum absolute atomic E-state index is 0.0455. The molecule has 0 spiro atoms. The van der Waals surface area contributed by atoms with Gasteiger partial charge in [-0.15, -0.1) is 0 Å². The Hall–Kier alpha value is -3.93. The summed E-state index contributed by atoms with van der Waals surface area (Å²) >= 11 is 0.848. The quantitative estimate of drug-likeness (QED) is 0.528. The molecule has 34 heavy (non-hydrogen) atoms. The highest BCUT2D eigenvalue weighted by atomic mass is 32.2. The second kappa shape index (κ2) is 9.51. The molecular weight excluding hydrogens is 470 g/mol. The van der Waals surface area contributed by atoms with E-state index in [9.17, 15) is 23.2 Å². The molecule has 1 N–H and O–H groups in total. The Morgan fingerprint density at radius 1 is 1.15 bits per heavy atom. The van der Waals surface area contributed by atoms with E-state index >= 15 is 0 Å². The highest BCUT2D eigenvalue weighted by Crippen LogP contribution is 2.34. The molecule has 12 heteroatoms. The van der Waals surface area contributed by atoms with E-state index in [4.69, 9.17) is 9.47 Å². The Morgan fingerprint density at radius 3 is 2.68 bits per heavy atom. The van der Waals surface area contributed by atoms with Crippen molar-refractivity contribution in [3.05, 3.63) is 91.2 Å². The van der Waals surface area contributed by atoms with Crippen molar-refractivity contribution in [3.63, 3.8) is 0 Å². The topological polar surface area (TPSA) is 104 Å². The highest BCUT2D eigenvalue weighted by Gasteiger charge is 2.26. The van der Waals surface area contributed by atoms with Crippen molar-refractivity contribution in [2.75, 3.05) is 12.4 Å². The number of hydrogen-bond donors (Lipinski definition) is 1. The van der Waals surface area contributed by atoms with E-state index in [-0.39, 0.29) is 34.3 Å². The molecule has 1 aliphatic rings. The predicted molar refractivity (Wildman–Crippen MR) is 120 cm³/mol. The molecule has 0 saturated heterocycles. The first kappa shape index (κ1) is 23.2. The number of ether oxygens (including phenoxy) is 2. The van der Waals surface area contributed by atoms with E-state index in [0.29, 0.717) is 11.4 Å². The zero-order valence-corrected chi connectivity index (χ0v) is 18.8. The first-order valence-electron chi connectivity index (χ1n) is 9.87. The normalized spacial score (nSPS) is 12.4. The molecule has 0 unspecified atom stereocenters. The van der Waals surface area contributed by atoms with E-state index in [1.807, 2.05) is 0 Å². The number of benzene rings is 1. The van der Waals surface area contributed by atoms with Crippen LogP contribution in [0.25, 0.3) is 0 Å². The van der Waals surface area contributed by atoms with Gasteiger partial charge >= 0.3 is 11.7 Å². The summed E-state index contributed by atoms with van der Waals surface area (Å²) < 4.78 is 39.3. The molecule has 9 nitrogen and oxygen atoms in total. The van der Waals surface area contributed by atoms with Gasteiger partial charge < -0.3 is 14.8 Å². The number of esters is 1. The monoisotopic (exact) mass is 488 g/mol. The second-order valence-electron chi connectivity index (χ2n) is 7.20. The first-order chi connectivity index (χ1) is 16.3. The number of nitrogens with one attached hydrogen (secondary N) is 1. The van der Waals surface area contributed by atoms with E-state index < -0.39 is 28.9 Å². The SMILES string of the molecule is COc1cc(COC(=O)C2=CNc3c(c(=O)n(Cc4ccc(F)c(F)c4)c(=O)n3C)S2)ccn1. The number of aromatic nitrogens is 3. The average Bonchev–Trinajstić information content (AvgIpc) is 2.85. The third-order valence-corrected chi connectivity index (χ3v) is 6.04. The largest absolute Gasteiger partial charge is 0.481 e. The molecule has 0 atom stereocenters. The summed E-state index contributed by atoms with van der Waals surface area (Å²) in [5, 5.41) is 2.79. The molecule has 0 bridgehead atoms. The summed E-state index contributed by atoms with van der Waals surface area (Å²) in [6, 6.07) is 6.41. The van der Waals surface area contributed by atoms with Crippen molar-refractivity contribution in [1.29, 1.82) is 0 Å². The first-order valence-corrected chi connectivity index (χ1v) is 10.7. The van der Waals surface area contributed by atoms with Crippen molar-refractivity contribution in [2.24, 2.45) is 7.05 Å². The molecule has 1 aliphatic heterocycles. The maximum absolute atomic E-state index is 13.6. The maximum atomic E-state index is 13.6. The molecule has 2 aromatic heterocycles. The summed E-state index contributed by atoms with van der Waals surface area (Å²) in [6.07, 6.45) is 2.87. The summed E-state index contributed by atoms with van der Waals surface area (Å²) in [7, 11) is 2.92. The van der Waals surface area contributed by atoms with Crippen molar-refractivity contribution >= 4 is 23.5 Å². The maximum Gasteiger partial charge on any atom is 0.346 e. The van der Waals surface area contributed by atoms with Crippen LogP contribution in [0.5, 0.6) is 5.88 Å². The van der Waals surface area contributed by atoms with Crippen LogP contribution in [0.2, 0.25) is 0 Å². The van der Waals surface area contributed by atoms with E-state index in [2.05, 4.69) is 10.3 Å². The van der Waals surface area contributed by atoms with Gasteiger partial charge in [0, 0.05) is 25.5 Å². The third-order valence-electron chi connectivity index (χ3n) is 4.96. The number of hydrogen-bond acceptors (Lipinski definition) is 8. The molecule has 3 heterocycles. The van der Waals surface area contributed by atoms with Crippen LogP contribution in [-0.2, 0) is 29.7 Å². The number of anilines is 1. The number of carbonyl (C=O) groups is 1. The van der Waals surface area contributed by atoms with Gasteiger partial charge in [-0.3, -0.25) is 13.9 Å². The zero-order chi connectivity index (χ0) is 24.4. The number of carbonyl (C=O) groups excluding carboxylic acids is 1. The van der Waals surface area contributed by atoms with E-state index in [1.165, 1.54) is 37.2 Å². The number of methoxy groups -OCH3 is 1. The lowest BCUT2D eigenvalue weighted by molar-refractivity contribution is -0.139. The average molecular weight is 488 g/mol. The van der Waals surface area contributed by atoms with Crippen LogP contribution in [-0.4, -0.2) is 27.2 Å². The highest BCUT2D eigenvalue weighted by molar-refractivity contribution is 8.04.